The summed E-state index contributed by atoms with van der Waals surface area (Å²) in [6.45, 7) is 1.84. The zero-order valence-corrected chi connectivity index (χ0v) is 21.3. The Labute approximate surface area is 209 Å². The van der Waals surface area contributed by atoms with Crippen molar-refractivity contribution in [1.82, 2.24) is 0 Å². The molecule has 2 fully saturated rings. The largest absolute Gasteiger partial charge is 0.481 e. The first-order chi connectivity index (χ1) is 16.6. The quantitative estimate of drug-likeness (QED) is 0.308. The van der Waals surface area contributed by atoms with Crippen LogP contribution >= 0.6 is 11.8 Å². The second kappa shape index (κ2) is 14.3. The standard InChI is InChI=1S/C24H36O10S/c1-24(2,35-23(30)34-15-33-22(29)17-11-7-4-8-12-17)18(20(26)27)13-19(25)31-14-32-21(28)16-9-5-3-6-10-16/h16-18H,3-15H2,1-2H3,(H,26,27)/t18-/m0/s1. The highest BCUT2D eigenvalue weighted by molar-refractivity contribution is 8.14. The summed E-state index contributed by atoms with van der Waals surface area (Å²) in [6, 6.07) is 0. The maximum atomic E-state index is 12.2. The predicted octanol–water partition coefficient (Wildman–Crippen LogP) is 4.43. The lowest BCUT2D eigenvalue weighted by Crippen LogP contribution is -2.37. The van der Waals surface area contributed by atoms with E-state index < -0.39 is 59.9 Å². The van der Waals surface area contributed by atoms with Gasteiger partial charge in [0.15, 0.2) is 0 Å². The van der Waals surface area contributed by atoms with Crippen molar-refractivity contribution in [2.75, 3.05) is 13.6 Å². The number of esters is 3. The van der Waals surface area contributed by atoms with Crippen molar-refractivity contribution in [3.05, 3.63) is 0 Å². The van der Waals surface area contributed by atoms with Crippen LogP contribution in [0, 0.1) is 17.8 Å². The highest BCUT2D eigenvalue weighted by Crippen LogP contribution is 2.36. The first-order valence-corrected chi connectivity index (χ1v) is 13.0. The molecule has 2 aliphatic rings. The van der Waals surface area contributed by atoms with Crippen molar-refractivity contribution >= 4 is 40.9 Å². The number of carboxylic acids is 1. The van der Waals surface area contributed by atoms with Gasteiger partial charge in [-0.15, -0.1) is 0 Å². The van der Waals surface area contributed by atoms with Crippen LogP contribution in [0.25, 0.3) is 0 Å². The number of carbonyl (C=O) groups excluding carboxylic acids is 4. The van der Waals surface area contributed by atoms with Crippen molar-refractivity contribution in [3.63, 3.8) is 0 Å². The Morgan fingerprint density at radius 2 is 1.23 bits per heavy atom. The van der Waals surface area contributed by atoms with Crippen LogP contribution in [0.15, 0.2) is 0 Å². The van der Waals surface area contributed by atoms with Gasteiger partial charge in [0, 0.05) is 4.75 Å². The minimum absolute atomic E-state index is 0.184. The van der Waals surface area contributed by atoms with Gasteiger partial charge in [-0.2, -0.15) is 0 Å². The van der Waals surface area contributed by atoms with Gasteiger partial charge < -0.3 is 24.1 Å². The smallest absolute Gasteiger partial charge is 0.370 e. The predicted molar refractivity (Wildman–Crippen MR) is 125 cm³/mol. The molecule has 2 rings (SSSR count). The van der Waals surface area contributed by atoms with E-state index in [9.17, 15) is 29.1 Å². The molecule has 0 amide bonds. The molecule has 0 aromatic heterocycles. The number of thioether (sulfide) groups is 1. The second-order valence-corrected chi connectivity index (χ2v) is 11.1. The lowest BCUT2D eigenvalue weighted by molar-refractivity contribution is -0.173. The first-order valence-electron chi connectivity index (χ1n) is 12.2. The molecule has 0 unspecified atom stereocenters. The third-order valence-electron chi connectivity index (χ3n) is 6.53. The Hall–Kier alpha value is -2.30. The number of carbonyl (C=O) groups is 5. The number of hydrogen-bond donors (Lipinski definition) is 1. The molecule has 1 N–H and O–H groups in total. The van der Waals surface area contributed by atoms with E-state index in [4.69, 9.17) is 18.9 Å². The normalized spacial score (nSPS) is 18.2. The Morgan fingerprint density at radius 3 is 1.69 bits per heavy atom. The molecular formula is C24H36O10S. The van der Waals surface area contributed by atoms with Crippen molar-refractivity contribution in [2.45, 2.75) is 89.2 Å². The van der Waals surface area contributed by atoms with E-state index in [1.165, 1.54) is 13.8 Å². The molecule has 35 heavy (non-hydrogen) atoms. The van der Waals surface area contributed by atoms with Gasteiger partial charge in [0.2, 0.25) is 13.6 Å². The van der Waals surface area contributed by atoms with Gasteiger partial charge in [-0.3, -0.25) is 19.2 Å². The van der Waals surface area contributed by atoms with Gasteiger partial charge in [0.05, 0.1) is 24.2 Å². The molecule has 0 bridgehead atoms. The van der Waals surface area contributed by atoms with Crippen LogP contribution in [-0.4, -0.2) is 52.6 Å². The molecule has 2 aliphatic carbocycles. The van der Waals surface area contributed by atoms with Gasteiger partial charge in [0.1, 0.15) is 0 Å². The highest BCUT2D eigenvalue weighted by atomic mass is 32.2. The van der Waals surface area contributed by atoms with E-state index in [0.29, 0.717) is 11.8 Å². The van der Waals surface area contributed by atoms with Gasteiger partial charge in [-0.05, 0) is 51.3 Å². The molecule has 0 aromatic carbocycles. The molecule has 0 aliphatic heterocycles. The molecule has 0 radical (unpaired) electrons. The fraction of sp³-hybridized carbons (Fsp3) is 0.792. The number of rotatable bonds is 11. The number of aliphatic carboxylic acids is 1. The zero-order chi connectivity index (χ0) is 25.8. The summed E-state index contributed by atoms with van der Waals surface area (Å²) in [7, 11) is 0. The van der Waals surface area contributed by atoms with Crippen molar-refractivity contribution in [2.24, 2.45) is 17.8 Å². The van der Waals surface area contributed by atoms with Gasteiger partial charge in [-0.25, -0.2) is 4.79 Å². The van der Waals surface area contributed by atoms with E-state index >= 15 is 0 Å². The molecule has 11 heteroatoms. The number of carboxylic acid groups (broad SMARTS) is 1. The van der Waals surface area contributed by atoms with E-state index in [1.54, 1.807) is 0 Å². The summed E-state index contributed by atoms with van der Waals surface area (Å²) in [5.74, 6) is -4.65. The Balaban J connectivity index is 1.74. The summed E-state index contributed by atoms with van der Waals surface area (Å²) in [5.41, 5.74) is 0. The van der Waals surface area contributed by atoms with Crippen LogP contribution in [-0.2, 0) is 38.1 Å². The van der Waals surface area contributed by atoms with Crippen LogP contribution in [0.5, 0.6) is 0 Å². The van der Waals surface area contributed by atoms with Crippen LogP contribution < -0.4 is 0 Å². The molecule has 10 nitrogen and oxygen atoms in total. The first kappa shape index (κ1) is 28.9. The monoisotopic (exact) mass is 516 g/mol. The fourth-order valence-corrected chi connectivity index (χ4v) is 5.24. The van der Waals surface area contributed by atoms with Gasteiger partial charge in [0.25, 0.3) is 0 Å². The van der Waals surface area contributed by atoms with Crippen LogP contribution in [0.1, 0.15) is 84.5 Å². The van der Waals surface area contributed by atoms with Crippen molar-refractivity contribution in [3.8, 4) is 0 Å². The molecule has 198 valence electrons. The number of ether oxygens (including phenoxy) is 4. The average molecular weight is 517 g/mol. The Morgan fingerprint density at radius 1 is 0.771 bits per heavy atom. The van der Waals surface area contributed by atoms with Crippen LogP contribution in [0.3, 0.4) is 0 Å². The topological polar surface area (TPSA) is 142 Å². The Bertz CT molecular complexity index is 753. The van der Waals surface area contributed by atoms with Gasteiger partial charge >= 0.3 is 29.2 Å². The highest BCUT2D eigenvalue weighted by Gasteiger charge is 2.40. The molecular weight excluding hydrogens is 480 g/mol. The van der Waals surface area contributed by atoms with E-state index in [0.717, 1.165) is 64.2 Å². The second-order valence-electron chi connectivity index (χ2n) is 9.54. The minimum Gasteiger partial charge on any atom is -0.481 e. The fourth-order valence-electron chi connectivity index (χ4n) is 4.37. The van der Waals surface area contributed by atoms with Crippen molar-refractivity contribution in [1.29, 1.82) is 0 Å². The molecule has 2 saturated carbocycles. The molecule has 1 atom stereocenters. The van der Waals surface area contributed by atoms with Crippen LogP contribution in [0.4, 0.5) is 4.79 Å². The van der Waals surface area contributed by atoms with E-state index in [-0.39, 0.29) is 11.8 Å². The molecule has 0 heterocycles. The third kappa shape index (κ3) is 10.1. The summed E-state index contributed by atoms with van der Waals surface area (Å²) in [4.78, 5) is 60.2. The average Bonchev–Trinajstić information content (AvgIpc) is 2.82. The minimum atomic E-state index is -1.30. The summed E-state index contributed by atoms with van der Waals surface area (Å²) in [6.07, 6.45) is 8.49. The van der Waals surface area contributed by atoms with E-state index in [2.05, 4.69) is 0 Å². The summed E-state index contributed by atoms with van der Waals surface area (Å²) < 4.78 is 18.6. The van der Waals surface area contributed by atoms with Crippen molar-refractivity contribution < 1.29 is 48.0 Å². The zero-order valence-electron chi connectivity index (χ0n) is 20.5. The molecule has 0 spiro atoms. The van der Waals surface area contributed by atoms with E-state index in [1.807, 2.05) is 0 Å². The lowest BCUT2D eigenvalue weighted by atomic mass is 9.89. The molecule has 0 saturated heterocycles. The maximum absolute atomic E-state index is 12.2. The van der Waals surface area contributed by atoms with Crippen LogP contribution in [0.2, 0.25) is 0 Å². The third-order valence-corrected chi connectivity index (χ3v) is 7.63. The van der Waals surface area contributed by atoms with Gasteiger partial charge in [-0.1, -0.05) is 38.5 Å². The number of hydrogen-bond acceptors (Lipinski definition) is 10. The summed E-state index contributed by atoms with van der Waals surface area (Å²) >= 11 is 0.589. The molecule has 0 aromatic rings. The Kier molecular flexibility index (Phi) is 11.8. The lowest BCUT2D eigenvalue weighted by Gasteiger charge is -2.29. The summed E-state index contributed by atoms with van der Waals surface area (Å²) in [5, 5.41) is 8.79. The SMILES string of the molecule is CC(C)(SC(=O)OCOC(=O)C1CCCCC1)[C@@H](CC(=O)OCOC(=O)C1CCCCC1)C(=O)O. The maximum Gasteiger partial charge on any atom is 0.370 e.